The van der Waals surface area contributed by atoms with Crippen molar-refractivity contribution < 1.29 is 18.3 Å². The van der Waals surface area contributed by atoms with Gasteiger partial charge in [-0.15, -0.1) is 0 Å². The summed E-state index contributed by atoms with van der Waals surface area (Å²) in [5, 5.41) is 7.10. The van der Waals surface area contributed by atoms with Gasteiger partial charge in [-0.25, -0.2) is 8.78 Å². The van der Waals surface area contributed by atoms with Crippen molar-refractivity contribution in [2.75, 3.05) is 13.7 Å². The second kappa shape index (κ2) is 7.99. The van der Waals surface area contributed by atoms with Gasteiger partial charge in [-0.1, -0.05) is 6.07 Å². The van der Waals surface area contributed by atoms with Crippen molar-refractivity contribution in [2.45, 2.75) is 6.42 Å². The molecule has 0 atom stereocenters. The molecule has 140 valence electrons. The number of nitrogens with one attached hydrogen (secondary N) is 1. The standard InChI is InChI=1S/C20H19F2N3O2/c1-25-18(12-17(24-25)14-4-6-15(21)7-5-14)20(26)23-10-9-13-3-8-19(27-2)16(22)11-13/h3-8,11-12H,9-10H2,1-2H3,(H,23,26). The maximum absolute atomic E-state index is 13.7. The summed E-state index contributed by atoms with van der Waals surface area (Å²) in [5.41, 5.74) is 2.44. The predicted octanol–water partition coefficient (Wildman–Crippen LogP) is 3.35. The Kier molecular flexibility index (Phi) is 5.49. The first-order valence-electron chi connectivity index (χ1n) is 8.38. The van der Waals surface area contributed by atoms with Crippen molar-refractivity contribution in [3.63, 3.8) is 0 Å². The first kappa shape index (κ1) is 18.6. The van der Waals surface area contributed by atoms with Crippen molar-refractivity contribution in [1.29, 1.82) is 0 Å². The average Bonchev–Trinajstić information content (AvgIpc) is 3.04. The number of rotatable bonds is 6. The van der Waals surface area contributed by atoms with E-state index in [1.807, 2.05) is 0 Å². The topological polar surface area (TPSA) is 56.1 Å². The Morgan fingerprint density at radius 2 is 1.89 bits per heavy atom. The van der Waals surface area contributed by atoms with Crippen LogP contribution in [0.1, 0.15) is 16.1 Å². The van der Waals surface area contributed by atoms with Crippen molar-refractivity contribution in [1.82, 2.24) is 15.1 Å². The SMILES string of the molecule is COc1ccc(CCNC(=O)c2cc(-c3ccc(F)cc3)nn2C)cc1F. The maximum Gasteiger partial charge on any atom is 0.269 e. The summed E-state index contributed by atoms with van der Waals surface area (Å²) in [6, 6.07) is 12.3. The Morgan fingerprint density at radius 3 is 2.56 bits per heavy atom. The molecule has 1 N–H and O–H groups in total. The number of carbonyl (C=O) groups is 1. The minimum absolute atomic E-state index is 0.186. The fourth-order valence-electron chi connectivity index (χ4n) is 2.72. The molecule has 1 aromatic heterocycles. The third-order valence-electron chi connectivity index (χ3n) is 4.17. The molecule has 1 heterocycles. The lowest BCUT2D eigenvalue weighted by Crippen LogP contribution is -2.27. The molecule has 0 bridgehead atoms. The van der Waals surface area contributed by atoms with Crippen molar-refractivity contribution in [2.24, 2.45) is 7.05 Å². The van der Waals surface area contributed by atoms with Gasteiger partial charge in [-0.2, -0.15) is 5.10 Å². The number of benzene rings is 2. The van der Waals surface area contributed by atoms with Crippen LogP contribution in [0.15, 0.2) is 48.5 Å². The quantitative estimate of drug-likeness (QED) is 0.723. The lowest BCUT2D eigenvalue weighted by molar-refractivity contribution is 0.0944. The van der Waals surface area contributed by atoms with Gasteiger partial charge in [0.05, 0.1) is 12.8 Å². The van der Waals surface area contributed by atoms with Crippen LogP contribution in [0.2, 0.25) is 0 Å². The molecule has 0 saturated carbocycles. The number of nitrogens with zero attached hydrogens (tertiary/aromatic N) is 2. The molecule has 0 fully saturated rings. The summed E-state index contributed by atoms with van der Waals surface area (Å²) >= 11 is 0. The van der Waals surface area contributed by atoms with Gasteiger partial charge in [-0.3, -0.25) is 9.48 Å². The Balaban J connectivity index is 1.63. The predicted molar refractivity (Wildman–Crippen MR) is 97.6 cm³/mol. The Morgan fingerprint density at radius 1 is 1.15 bits per heavy atom. The number of hydrogen-bond donors (Lipinski definition) is 1. The smallest absolute Gasteiger partial charge is 0.269 e. The van der Waals surface area contributed by atoms with E-state index in [0.717, 1.165) is 11.1 Å². The second-order valence-electron chi connectivity index (χ2n) is 6.02. The number of methoxy groups -OCH3 is 1. The highest BCUT2D eigenvalue weighted by Gasteiger charge is 2.14. The van der Waals surface area contributed by atoms with Gasteiger partial charge in [0.1, 0.15) is 11.5 Å². The summed E-state index contributed by atoms with van der Waals surface area (Å²) < 4.78 is 33.1. The largest absolute Gasteiger partial charge is 0.494 e. The van der Waals surface area contributed by atoms with Crippen LogP contribution in [0.25, 0.3) is 11.3 Å². The molecule has 0 saturated heterocycles. The monoisotopic (exact) mass is 371 g/mol. The van der Waals surface area contributed by atoms with Crippen LogP contribution in [-0.2, 0) is 13.5 Å². The van der Waals surface area contributed by atoms with Crippen LogP contribution >= 0.6 is 0 Å². The number of aryl methyl sites for hydroxylation is 1. The van der Waals surface area contributed by atoms with Crippen molar-refractivity contribution in [3.8, 4) is 17.0 Å². The van der Waals surface area contributed by atoms with E-state index >= 15 is 0 Å². The molecule has 7 heteroatoms. The van der Waals surface area contributed by atoms with Gasteiger partial charge in [0.15, 0.2) is 11.6 Å². The molecule has 0 aliphatic heterocycles. The molecular formula is C20H19F2N3O2. The number of ether oxygens (including phenoxy) is 1. The molecule has 2 aromatic carbocycles. The van der Waals surface area contributed by atoms with Crippen LogP contribution in [0.3, 0.4) is 0 Å². The molecule has 0 radical (unpaired) electrons. The van der Waals surface area contributed by atoms with E-state index in [1.54, 1.807) is 37.4 Å². The van der Waals surface area contributed by atoms with Gasteiger partial charge >= 0.3 is 0 Å². The molecule has 0 aliphatic rings. The first-order chi connectivity index (χ1) is 13.0. The third-order valence-corrected chi connectivity index (χ3v) is 4.17. The minimum atomic E-state index is -0.433. The van der Waals surface area contributed by atoms with Gasteiger partial charge in [-0.05, 0) is 54.4 Å². The number of aromatic nitrogens is 2. The third kappa shape index (κ3) is 4.31. The van der Waals surface area contributed by atoms with Crippen LogP contribution in [0, 0.1) is 11.6 Å². The summed E-state index contributed by atoms with van der Waals surface area (Å²) in [7, 11) is 3.08. The highest BCUT2D eigenvalue weighted by Crippen LogP contribution is 2.20. The van der Waals surface area contributed by atoms with Crippen molar-refractivity contribution >= 4 is 5.91 Å². The van der Waals surface area contributed by atoms with Crippen LogP contribution in [0.5, 0.6) is 5.75 Å². The van der Waals surface area contributed by atoms with E-state index in [2.05, 4.69) is 10.4 Å². The first-order valence-corrected chi connectivity index (χ1v) is 8.38. The Labute approximate surface area is 155 Å². The van der Waals surface area contributed by atoms with Crippen LogP contribution < -0.4 is 10.1 Å². The minimum Gasteiger partial charge on any atom is -0.494 e. The zero-order chi connectivity index (χ0) is 19.4. The normalized spacial score (nSPS) is 10.7. The van der Waals surface area contributed by atoms with Crippen LogP contribution in [0.4, 0.5) is 8.78 Å². The van der Waals surface area contributed by atoms with Crippen molar-refractivity contribution in [3.05, 3.63) is 71.4 Å². The summed E-state index contributed by atoms with van der Waals surface area (Å²) in [6.07, 6.45) is 0.481. The van der Waals surface area contributed by atoms with E-state index < -0.39 is 5.82 Å². The zero-order valence-corrected chi connectivity index (χ0v) is 15.0. The molecular weight excluding hydrogens is 352 g/mol. The van der Waals surface area contributed by atoms with E-state index in [-0.39, 0.29) is 17.5 Å². The van der Waals surface area contributed by atoms with E-state index in [1.165, 1.54) is 30.0 Å². The summed E-state index contributed by atoms with van der Waals surface area (Å²) in [5.74, 6) is -0.863. The number of halogens is 2. The van der Waals surface area contributed by atoms with Gasteiger partial charge in [0.2, 0.25) is 0 Å². The molecule has 0 spiro atoms. The van der Waals surface area contributed by atoms with Gasteiger partial charge in [0, 0.05) is 19.2 Å². The van der Waals surface area contributed by atoms with E-state index in [9.17, 15) is 13.6 Å². The van der Waals surface area contributed by atoms with Gasteiger partial charge < -0.3 is 10.1 Å². The molecule has 5 nitrogen and oxygen atoms in total. The summed E-state index contributed by atoms with van der Waals surface area (Å²) in [6.45, 7) is 0.349. The van der Waals surface area contributed by atoms with Crippen LogP contribution in [-0.4, -0.2) is 29.3 Å². The zero-order valence-electron chi connectivity index (χ0n) is 15.0. The summed E-state index contributed by atoms with van der Waals surface area (Å²) in [4.78, 5) is 12.4. The fraction of sp³-hybridized carbons (Fsp3) is 0.200. The average molecular weight is 371 g/mol. The number of amides is 1. The Hall–Kier alpha value is -3.22. The number of hydrogen-bond acceptors (Lipinski definition) is 3. The lowest BCUT2D eigenvalue weighted by atomic mass is 10.1. The van der Waals surface area contributed by atoms with E-state index in [4.69, 9.17) is 4.74 Å². The van der Waals surface area contributed by atoms with Gasteiger partial charge in [0.25, 0.3) is 5.91 Å². The highest BCUT2D eigenvalue weighted by molar-refractivity contribution is 5.93. The molecule has 27 heavy (non-hydrogen) atoms. The second-order valence-corrected chi connectivity index (χ2v) is 6.02. The van der Waals surface area contributed by atoms with E-state index in [0.29, 0.717) is 24.4 Å². The Bertz CT molecular complexity index is 952. The fourth-order valence-corrected chi connectivity index (χ4v) is 2.72. The lowest BCUT2D eigenvalue weighted by Gasteiger charge is -2.07. The molecule has 3 aromatic rings. The molecule has 0 unspecified atom stereocenters. The molecule has 3 rings (SSSR count). The number of carbonyl (C=O) groups excluding carboxylic acids is 1. The highest BCUT2D eigenvalue weighted by atomic mass is 19.1. The maximum atomic E-state index is 13.7. The molecule has 1 amide bonds. The molecule has 0 aliphatic carbocycles.